The van der Waals surface area contributed by atoms with Crippen LogP contribution >= 0.6 is 0 Å². The van der Waals surface area contributed by atoms with Crippen LogP contribution in [-0.4, -0.2) is 43.6 Å². The van der Waals surface area contributed by atoms with Crippen molar-refractivity contribution in [1.29, 1.82) is 5.26 Å². The summed E-state index contributed by atoms with van der Waals surface area (Å²) >= 11 is 0. The van der Waals surface area contributed by atoms with Crippen LogP contribution in [0.4, 0.5) is 14.5 Å². The van der Waals surface area contributed by atoms with Gasteiger partial charge in [-0.2, -0.15) is 5.26 Å². The van der Waals surface area contributed by atoms with Gasteiger partial charge < -0.3 is 14.5 Å². The van der Waals surface area contributed by atoms with Gasteiger partial charge in [-0.15, -0.1) is 0 Å². The Morgan fingerprint density at radius 1 is 1.16 bits per heavy atom. The quantitative estimate of drug-likeness (QED) is 0.681. The van der Waals surface area contributed by atoms with Crippen molar-refractivity contribution < 1.29 is 18.3 Å². The van der Waals surface area contributed by atoms with Gasteiger partial charge in [-0.1, -0.05) is 6.07 Å². The number of methoxy groups -OCH3 is 1. The molecule has 5 nitrogen and oxygen atoms in total. The van der Waals surface area contributed by atoms with Crippen LogP contribution in [0, 0.1) is 36.8 Å². The van der Waals surface area contributed by atoms with E-state index in [1.54, 1.807) is 29.2 Å². The summed E-state index contributed by atoms with van der Waals surface area (Å²) < 4.78 is 33.4. The Balaban J connectivity index is 1.82. The van der Waals surface area contributed by atoms with Crippen molar-refractivity contribution in [1.82, 2.24) is 4.90 Å². The highest BCUT2D eigenvalue weighted by Gasteiger charge is 2.30. The molecule has 0 aromatic heterocycles. The lowest BCUT2D eigenvalue weighted by molar-refractivity contribution is 0.0673. The second-order valence-corrected chi connectivity index (χ2v) is 7.75. The molecule has 0 bridgehead atoms. The molecule has 1 aliphatic rings. The van der Waals surface area contributed by atoms with Crippen LogP contribution < -0.4 is 4.90 Å². The van der Waals surface area contributed by atoms with Crippen molar-refractivity contribution in [3.63, 3.8) is 0 Å². The summed E-state index contributed by atoms with van der Waals surface area (Å²) in [7, 11) is 1.57. The van der Waals surface area contributed by atoms with Gasteiger partial charge in [-0.05, 0) is 55.7 Å². The van der Waals surface area contributed by atoms with E-state index in [9.17, 15) is 13.6 Å². The number of carbonyl (C=O) groups excluding carboxylic acids is 1. The molecule has 1 fully saturated rings. The van der Waals surface area contributed by atoms with Crippen LogP contribution in [-0.2, 0) is 4.74 Å². The van der Waals surface area contributed by atoms with Crippen molar-refractivity contribution in [3.05, 3.63) is 70.0 Å². The molecule has 0 aliphatic carbocycles. The number of piperazine rings is 1. The smallest absolute Gasteiger partial charge is 0.254 e. The first-order chi connectivity index (χ1) is 14.8. The molecule has 1 saturated heterocycles. The summed E-state index contributed by atoms with van der Waals surface area (Å²) in [4.78, 5) is 16.8. The molecule has 0 unspecified atom stereocenters. The fourth-order valence-corrected chi connectivity index (χ4v) is 3.92. The minimum absolute atomic E-state index is 0.0943. The Hall–Kier alpha value is -3.40. The normalized spacial score (nSPS) is 16.5. The number of hydrogen-bond acceptors (Lipinski definition) is 4. The molecule has 0 saturated carbocycles. The first-order valence-electron chi connectivity index (χ1n) is 10.0. The number of halogens is 2. The lowest BCUT2D eigenvalue weighted by Crippen LogP contribution is -2.54. The zero-order valence-electron chi connectivity index (χ0n) is 18.1. The first kappa shape index (κ1) is 22.3. The fourth-order valence-electron chi connectivity index (χ4n) is 3.92. The Morgan fingerprint density at radius 2 is 1.90 bits per heavy atom. The Morgan fingerprint density at radius 3 is 2.55 bits per heavy atom. The number of anilines is 1. The molecule has 1 heterocycles. The van der Waals surface area contributed by atoms with Crippen molar-refractivity contribution >= 4 is 17.7 Å². The van der Waals surface area contributed by atoms with E-state index in [2.05, 4.69) is 0 Å². The third kappa shape index (κ3) is 4.53. The van der Waals surface area contributed by atoms with E-state index in [0.29, 0.717) is 25.2 Å². The summed E-state index contributed by atoms with van der Waals surface area (Å²) in [5.41, 5.74) is 3.21. The zero-order valence-corrected chi connectivity index (χ0v) is 18.1. The summed E-state index contributed by atoms with van der Waals surface area (Å²) in [5, 5.41) is 8.87. The maximum atomic E-state index is 14.4. The predicted molar refractivity (Wildman–Crippen MR) is 116 cm³/mol. The molecule has 3 rings (SSSR count). The van der Waals surface area contributed by atoms with E-state index < -0.39 is 11.6 Å². The van der Waals surface area contributed by atoms with Gasteiger partial charge in [0.25, 0.3) is 5.91 Å². The summed E-state index contributed by atoms with van der Waals surface area (Å²) in [5.74, 6) is -1.49. The molecule has 2 aromatic carbocycles. The molecule has 2 aromatic rings. The number of amides is 1. The number of carbonyl (C=O) groups is 1. The molecule has 1 atom stereocenters. The number of rotatable bonds is 4. The van der Waals surface area contributed by atoms with Gasteiger partial charge in [0.2, 0.25) is 0 Å². The van der Waals surface area contributed by atoms with Crippen LogP contribution in [0.15, 0.2) is 30.5 Å². The Kier molecular flexibility index (Phi) is 6.59. The van der Waals surface area contributed by atoms with Gasteiger partial charge in [0.15, 0.2) is 0 Å². The maximum absolute atomic E-state index is 14.4. The number of aryl methyl sites for hydroxylation is 2. The third-order valence-electron chi connectivity index (χ3n) is 5.61. The van der Waals surface area contributed by atoms with Crippen molar-refractivity contribution in [3.8, 4) is 6.07 Å². The predicted octanol–water partition coefficient (Wildman–Crippen LogP) is 4.42. The number of nitriles is 1. The molecule has 0 radical (unpaired) electrons. The average molecular weight is 425 g/mol. The number of ether oxygens (including phenoxy) is 1. The highest BCUT2D eigenvalue weighted by molar-refractivity contribution is 5.96. The monoisotopic (exact) mass is 425 g/mol. The van der Waals surface area contributed by atoms with Crippen LogP contribution in [0.1, 0.15) is 39.5 Å². The number of nitrogens with zero attached hydrogens (tertiary/aromatic N) is 3. The summed E-state index contributed by atoms with van der Waals surface area (Å²) in [6.45, 7) is 6.85. The van der Waals surface area contributed by atoms with Gasteiger partial charge in [0.05, 0.1) is 24.6 Å². The van der Waals surface area contributed by atoms with Gasteiger partial charge in [-0.3, -0.25) is 4.79 Å². The van der Waals surface area contributed by atoms with E-state index in [4.69, 9.17) is 10.00 Å². The molecule has 162 valence electrons. The Labute approximate surface area is 181 Å². The lowest BCUT2D eigenvalue weighted by Gasteiger charge is -2.41. The average Bonchev–Trinajstić information content (AvgIpc) is 2.74. The fraction of sp³-hybridized carbons (Fsp3) is 0.333. The van der Waals surface area contributed by atoms with Crippen molar-refractivity contribution in [2.75, 3.05) is 31.6 Å². The summed E-state index contributed by atoms with van der Waals surface area (Å²) in [6, 6.07) is 7.23. The number of hydrogen-bond donors (Lipinski definition) is 0. The number of benzene rings is 2. The first-order valence-corrected chi connectivity index (χ1v) is 10.0. The molecule has 0 spiro atoms. The van der Waals surface area contributed by atoms with E-state index in [1.807, 2.05) is 39.0 Å². The van der Waals surface area contributed by atoms with Crippen LogP contribution in [0.25, 0.3) is 6.08 Å². The minimum atomic E-state index is -0.753. The van der Waals surface area contributed by atoms with E-state index >= 15 is 0 Å². The molecule has 7 heteroatoms. The molecular weight excluding hydrogens is 400 g/mol. The molecule has 0 N–H and O–H groups in total. The largest absolute Gasteiger partial charge is 0.504 e. The summed E-state index contributed by atoms with van der Waals surface area (Å²) in [6.07, 6.45) is 3.38. The second-order valence-electron chi connectivity index (χ2n) is 7.75. The zero-order chi connectivity index (χ0) is 22.7. The topological polar surface area (TPSA) is 56.6 Å². The highest BCUT2D eigenvalue weighted by atomic mass is 19.1. The van der Waals surface area contributed by atoms with Gasteiger partial charge in [0.1, 0.15) is 17.7 Å². The van der Waals surface area contributed by atoms with Gasteiger partial charge in [0, 0.05) is 37.3 Å². The van der Waals surface area contributed by atoms with Gasteiger partial charge in [-0.25, -0.2) is 8.78 Å². The minimum Gasteiger partial charge on any atom is -0.504 e. The molecule has 31 heavy (non-hydrogen) atoms. The van der Waals surface area contributed by atoms with E-state index in [-0.39, 0.29) is 23.2 Å². The van der Waals surface area contributed by atoms with Crippen LogP contribution in [0.3, 0.4) is 0 Å². The standard InChI is InChI=1S/C24H25F2N3O2/c1-15-9-16(2)20(10-18(15)5-8-31-4)24(30)29-7-6-28(14-17(29)3)23-12-21(25)19(13-27)11-22(23)26/h5,8-12,17H,6-7,14H2,1-4H3/b8-5+/t17-/m0/s1. The van der Waals surface area contributed by atoms with Crippen molar-refractivity contribution in [2.45, 2.75) is 26.8 Å². The van der Waals surface area contributed by atoms with E-state index in [1.165, 1.54) is 0 Å². The third-order valence-corrected chi connectivity index (χ3v) is 5.61. The molecule has 1 amide bonds. The Bertz CT molecular complexity index is 1080. The van der Waals surface area contributed by atoms with Gasteiger partial charge >= 0.3 is 0 Å². The SMILES string of the molecule is CO/C=C/c1cc(C(=O)N2CCN(c3cc(F)c(C#N)cc3F)C[C@@H]2C)c(C)cc1C. The van der Waals surface area contributed by atoms with E-state index in [0.717, 1.165) is 28.8 Å². The second kappa shape index (κ2) is 9.17. The van der Waals surface area contributed by atoms with Crippen LogP contribution in [0.5, 0.6) is 0 Å². The lowest BCUT2D eigenvalue weighted by atomic mass is 9.98. The highest BCUT2D eigenvalue weighted by Crippen LogP contribution is 2.27. The van der Waals surface area contributed by atoms with Crippen LogP contribution in [0.2, 0.25) is 0 Å². The van der Waals surface area contributed by atoms with Crippen molar-refractivity contribution in [2.24, 2.45) is 0 Å². The molecular formula is C24H25F2N3O2. The maximum Gasteiger partial charge on any atom is 0.254 e. The molecule has 1 aliphatic heterocycles.